The summed E-state index contributed by atoms with van der Waals surface area (Å²) >= 11 is 0. The lowest BCUT2D eigenvalue weighted by Crippen LogP contribution is -2.88. The molecule has 1 aromatic carbocycles. The Morgan fingerprint density at radius 3 is 2.24 bits per heavy atom. The molecular weight excluding hydrogens is 235 g/mol. The fourth-order valence-electron chi connectivity index (χ4n) is 1.44. The van der Waals surface area contributed by atoms with Crippen LogP contribution >= 0.6 is 0 Å². The van der Waals surface area contributed by atoms with E-state index in [2.05, 4.69) is 0 Å². The summed E-state index contributed by atoms with van der Waals surface area (Å²) in [7, 11) is 0. The van der Waals surface area contributed by atoms with E-state index in [0.29, 0.717) is 0 Å². The first kappa shape index (κ1) is 14.0. The monoisotopic (exact) mass is 250 g/mol. The van der Waals surface area contributed by atoms with Gasteiger partial charge in [0.05, 0.1) is 6.61 Å². The minimum atomic E-state index is -4.62. The summed E-state index contributed by atoms with van der Waals surface area (Å²) < 4.78 is 36.2. The lowest BCUT2D eigenvalue weighted by Gasteiger charge is -2.17. The van der Waals surface area contributed by atoms with Crippen LogP contribution in [0.2, 0.25) is 0 Å². The van der Waals surface area contributed by atoms with Gasteiger partial charge in [0.1, 0.15) is 12.6 Å². The van der Waals surface area contributed by atoms with Crippen molar-refractivity contribution >= 4 is 0 Å². The van der Waals surface area contributed by atoms with Crippen molar-refractivity contribution in [3.63, 3.8) is 0 Å². The lowest BCUT2D eigenvalue weighted by molar-refractivity contribution is -0.706. The van der Waals surface area contributed by atoms with Crippen molar-refractivity contribution in [2.45, 2.75) is 18.3 Å². The molecule has 0 aliphatic rings. The average molecular weight is 250 g/mol. The van der Waals surface area contributed by atoms with Gasteiger partial charge in [-0.15, -0.1) is 0 Å². The van der Waals surface area contributed by atoms with Crippen molar-refractivity contribution in [3.8, 4) is 0 Å². The first-order valence-electron chi connectivity index (χ1n) is 5.19. The number of halogens is 3. The Kier molecular flexibility index (Phi) is 4.92. The minimum Gasteiger partial charge on any atom is -0.390 e. The van der Waals surface area contributed by atoms with Crippen molar-refractivity contribution in [2.24, 2.45) is 0 Å². The van der Waals surface area contributed by atoms with E-state index in [1.807, 2.05) is 0 Å². The molecule has 1 aromatic rings. The van der Waals surface area contributed by atoms with Crippen LogP contribution in [0.25, 0.3) is 0 Å². The van der Waals surface area contributed by atoms with Crippen molar-refractivity contribution in [1.82, 2.24) is 0 Å². The Hall–Kier alpha value is -1.11. The normalized spacial score (nSPS) is 15.6. The number of alkyl halides is 3. The van der Waals surface area contributed by atoms with E-state index in [0.717, 1.165) is 5.56 Å². The third-order valence-corrected chi connectivity index (χ3v) is 2.45. The third kappa shape index (κ3) is 4.33. The zero-order chi connectivity index (χ0) is 12.9. The van der Waals surface area contributed by atoms with Crippen LogP contribution in [0, 0.1) is 0 Å². The molecule has 0 amide bonds. The van der Waals surface area contributed by atoms with Crippen LogP contribution in [-0.2, 0) is 0 Å². The molecule has 0 fully saturated rings. The molecule has 0 radical (unpaired) electrons. The zero-order valence-electron chi connectivity index (χ0n) is 9.06. The predicted octanol–water partition coefficient (Wildman–Crippen LogP) is 0.207. The van der Waals surface area contributed by atoms with E-state index >= 15 is 0 Å². The second-order valence-electron chi connectivity index (χ2n) is 3.73. The summed E-state index contributed by atoms with van der Waals surface area (Å²) in [5.41, 5.74) is 0.726. The third-order valence-electron chi connectivity index (χ3n) is 2.45. The number of rotatable bonds is 5. The molecule has 0 saturated carbocycles. The highest BCUT2D eigenvalue weighted by atomic mass is 19.4. The maximum atomic E-state index is 12.1. The number of aliphatic hydroxyl groups excluding tert-OH is 2. The Labute approximate surface area is 96.9 Å². The molecule has 6 heteroatoms. The van der Waals surface area contributed by atoms with Crippen LogP contribution in [-0.4, -0.2) is 35.6 Å². The number of quaternary nitrogens is 1. The molecule has 1 rings (SSSR count). The van der Waals surface area contributed by atoms with E-state index in [9.17, 15) is 13.2 Å². The van der Waals surface area contributed by atoms with E-state index in [1.165, 1.54) is 5.32 Å². The smallest absolute Gasteiger partial charge is 0.390 e. The maximum absolute atomic E-state index is 12.1. The Morgan fingerprint density at radius 1 is 1.18 bits per heavy atom. The van der Waals surface area contributed by atoms with Crippen molar-refractivity contribution in [1.29, 1.82) is 0 Å². The van der Waals surface area contributed by atoms with Gasteiger partial charge in [-0.25, -0.2) is 0 Å². The fourth-order valence-corrected chi connectivity index (χ4v) is 1.44. The highest BCUT2D eigenvalue weighted by Gasteiger charge is 2.39. The predicted molar refractivity (Wildman–Crippen MR) is 55.1 cm³/mol. The Bertz CT molecular complexity index is 329. The molecular formula is C11H15F3NO2+. The van der Waals surface area contributed by atoms with Gasteiger partial charge < -0.3 is 15.5 Å². The van der Waals surface area contributed by atoms with Crippen LogP contribution in [0.4, 0.5) is 13.2 Å². The molecule has 0 spiro atoms. The van der Waals surface area contributed by atoms with Gasteiger partial charge in [-0.1, -0.05) is 30.3 Å². The van der Waals surface area contributed by atoms with Gasteiger partial charge in [0, 0.05) is 5.56 Å². The lowest BCUT2D eigenvalue weighted by atomic mass is 10.1. The highest BCUT2D eigenvalue weighted by Crippen LogP contribution is 2.18. The zero-order valence-corrected chi connectivity index (χ0v) is 9.06. The minimum absolute atomic E-state index is 0.283. The second-order valence-corrected chi connectivity index (χ2v) is 3.73. The molecule has 0 saturated heterocycles. The molecule has 2 atom stereocenters. The Morgan fingerprint density at radius 2 is 1.76 bits per heavy atom. The van der Waals surface area contributed by atoms with Crippen LogP contribution in [0.1, 0.15) is 11.6 Å². The molecule has 0 heterocycles. The topological polar surface area (TPSA) is 57.1 Å². The van der Waals surface area contributed by atoms with Gasteiger partial charge in [-0.05, 0) is 0 Å². The van der Waals surface area contributed by atoms with Crippen molar-refractivity contribution in [3.05, 3.63) is 35.9 Å². The second kappa shape index (κ2) is 6.00. The van der Waals surface area contributed by atoms with Gasteiger partial charge >= 0.3 is 6.18 Å². The van der Waals surface area contributed by atoms with Gasteiger partial charge in [0.2, 0.25) is 0 Å². The van der Waals surface area contributed by atoms with Gasteiger partial charge in [0.25, 0.3) is 0 Å². The summed E-state index contributed by atoms with van der Waals surface area (Å²) in [4.78, 5) is 0. The first-order valence-corrected chi connectivity index (χ1v) is 5.19. The molecule has 0 bridgehead atoms. The van der Waals surface area contributed by atoms with Crippen LogP contribution < -0.4 is 5.32 Å². The molecule has 0 aromatic heterocycles. The Balaban J connectivity index is 2.55. The van der Waals surface area contributed by atoms with E-state index in [1.54, 1.807) is 30.3 Å². The van der Waals surface area contributed by atoms with Crippen LogP contribution in [0.15, 0.2) is 30.3 Å². The highest BCUT2D eigenvalue weighted by molar-refractivity contribution is 5.16. The molecule has 0 aliphatic carbocycles. The largest absolute Gasteiger partial charge is 0.419 e. The standard InChI is InChI=1S/C11H14F3NO2/c12-11(13,14)10(17)6-15-9(7-16)8-4-2-1-3-5-8/h1-5,9-10,15-17H,6-7H2/p+1/t9-,10-/m1/s1. The van der Waals surface area contributed by atoms with E-state index in [-0.39, 0.29) is 6.61 Å². The first-order chi connectivity index (χ1) is 7.95. The molecule has 4 N–H and O–H groups in total. The summed E-state index contributed by atoms with van der Waals surface area (Å²) in [6.07, 6.45) is -6.99. The summed E-state index contributed by atoms with van der Waals surface area (Å²) in [5.74, 6) is 0. The van der Waals surface area contributed by atoms with E-state index < -0.39 is 24.9 Å². The maximum Gasteiger partial charge on any atom is 0.419 e. The van der Waals surface area contributed by atoms with Crippen LogP contribution in [0.3, 0.4) is 0 Å². The summed E-state index contributed by atoms with van der Waals surface area (Å²) in [5, 5.41) is 19.2. The fraction of sp³-hybridized carbons (Fsp3) is 0.455. The number of aliphatic hydroxyl groups is 2. The summed E-state index contributed by atoms with van der Waals surface area (Å²) in [6.45, 7) is -0.807. The van der Waals surface area contributed by atoms with Crippen LogP contribution in [0.5, 0.6) is 0 Å². The number of hydrogen-bond acceptors (Lipinski definition) is 2. The molecule has 0 aliphatic heterocycles. The van der Waals surface area contributed by atoms with Crippen molar-refractivity contribution < 1.29 is 28.7 Å². The van der Waals surface area contributed by atoms with Crippen molar-refractivity contribution in [2.75, 3.05) is 13.2 Å². The molecule has 17 heavy (non-hydrogen) atoms. The summed E-state index contributed by atoms with van der Waals surface area (Å²) in [6, 6.07) is 8.21. The molecule has 0 unspecified atom stereocenters. The number of benzene rings is 1. The SMILES string of the molecule is OC[C@@H]([NH2+]C[C@@H](O)C(F)(F)F)c1ccccc1. The number of nitrogens with two attached hydrogens (primary N) is 1. The number of hydrogen-bond donors (Lipinski definition) is 3. The quantitative estimate of drug-likeness (QED) is 0.699. The molecule has 96 valence electrons. The van der Waals surface area contributed by atoms with Gasteiger partial charge in [0.15, 0.2) is 6.10 Å². The van der Waals surface area contributed by atoms with Gasteiger partial charge in [-0.2, -0.15) is 13.2 Å². The van der Waals surface area contributed by atoms with E-state index in [4.69, 9.17) is 10.2 Å². The molecule has 3 nitrogen and oxygen atoms in total. The average Bonchev–Trinajstić information content (AvgIpc) is 2.29. The van der Waals surface area contributed by atoms with Gasteiger partial charge in [-0.3, -0.25) is 0 Å².